The maximum Gasteiger partial charge on any atom is 0.250 e. The molecule has 0 spiro atoms. The highest BCUT2D eigenvalue weighted by molar-refractivity contribution is 5.92. The highest BCUT2D eigenvalue weighted by Crippen LogP contribution is 2.14. The minimum Gasteiger partial charge on any atom is -1.00 e. The number of rotatable bonds is 15. The van der Waals surface area contributed by atoms with Crippen molar-refractivity contribution in [2.75, 3.05) is 20.6 Å². The fourth-order valence-corrected chi connectivity index (χ4v) is 3.21. The van der Waals surface area contributed by atoms with Gasteiger partial charge in [-0.1, -0.05) is 71.8 Å². The Morgan fingerprint density at radius 2 is 1.36 bits per heavy atom. The summed E-state index contributed by atoms with van der Waals surface area (Å²) < 4.78 is 0.854. The van der Waals surface area contributed by atoms with Crippen LogP contribution in [-0.4, -0.2) is 37.2 Å². The van der Waals surface area contributed by atoms with Gasteiger partial charge in [0.25, 0.3) is 5.91 Å². The second-order valence-electron chi connectivity index (χ2n) is 7.86. The van der Waals surface area contributed by atoms with Crippen LogP contribution in [0.3, 0.4) is 0 Å². The molecular weight excluding hydrogens is 332 g/mol. The molecule has 0 aliphatic rings. The van der Waals surface area contributed by atoms with Gasteiger partial charge in [0.05, 0.1) is 20.6 Å². The van der Waals surface area contributed by atoms with Crippen LogP contribution in [0.5, 0.6) is 0 Å². The van der Waals surface area contributed by atoms with Gasteiger partial charge in [-0.15, -0.1) is 0 Å². The molecule has 0 aromatic carbocycles. The van der Waals surface area contributed by atoms with Crippen molar-refractivity contribution in [1.29, 1.82) is 0 Å². The highest BCUT2D eigenvalue weighted by atomic mass is 35.5. The van der Waals surface area contributed by atoms with E-state index in [-0.39, 0.29) is 24.5 Å². The van der Waals surface area contributed by atoms with Crippen LogP contribution in [0.25, 0.3) is 0 Å². The summed E-state index contributed by atoms with van der Waals surface area (Å²) in [6.07, 6.45) is 14.8. The van der Waals surface area contributed by atoms with Crippen molar-refractivity contribution in [1.82, 2.24) is 5.32 Å². The van der Waals surface area contributed by atoms with Crippen LogP contribution < -0.4 is 17.7 Å². The number of nitrogens with zero attached hydrogens (tertiary/aromatic N) is 1. The van der Waals surface area contributed by atoms with Crippen molar-refractivity contribution in [3.63, 3.8) is 0 Å². The molecular formula is C21H43ClN2O. The lowest BCUT2D eigenvalue weighted by Gasteiger charge is -2.38. The first kappa shape index (κ1) is 26.7. The Morgan fingerprint density at radius 1 is 0.920 bits per heavy atom. The second-order valence-corrected chi connectivity index (χ2v) is 7.86. The molecule has 0 rings (SSSR count). The molecule has 0 heterocycles. The van der Waals surface area contributed by atoms with Crippen LogP contribution in [0.2, 0.25) is 0 Å². The maximum absolute atomic E-state index is 11.9. The zero-order valence-corrected chi connectivity index (χ0v) is 18.3. The maximum atomic E-state index is 11.9. The summed E-state index contributed by atoms with van der Waals surface area (Å²) in [5.74, 6) is -0.0175. The van der Waals surface area contributed by atoms with Gasteiger partial charge < -0.3 is 22.2 Å². The number of carbonyl (C=O) groups is 1. The van der Waals surface area contributed by atoms with Gasteiger partial charge in [0.2, 0.25) is 0 Å². The Bertz CT molecular complexity index is 356. The molecule has 0 aliphatic heterocycles. The third-order valence-electron chi connectivity index (χ3n) is 5.00. The lowest BCUT2D eigenvalue weighted by Crippen LogP contribution is -3.00. The van der Waals surface area contributed by atoms with E-state index in [4.69, 9.17) is 0 Å². The van der Waals surface area contributed by atoms with Crippen LogP contribution >= 0.6 is 0 Å². The van der Waals surface area contributed by atoms with Crippen molar-refractivity contribution in [3.8, 4) is 0 Å². The topological polar surface area (TPSA) is 29.1 Å². The lowest BCUT2D eigenvalue weighted by atomic mass is 10.1. The Hall–Kier alpha value is -0.540. The van der Waals surface area contributed by atoms with Crippen molar-refractivity contribution >= 4 is 5.91 Å². The molecule has 1 atom stereocenters. The van der Waals surface area contributed by atoms with E-state index in [9.17, 15) is 4.79 Å². The SMILES string of the molecule is C=C(C)C(=O)NC(CC)[N+](C)(C)CCCCCCCCCCCC.[Cl-]. The monoisotopic (exact) mass is 374 g/mol. The Kier molecular flexibility index (Phi) is 16.8. The highest BCUT2D eigenvalue weighted by Gasteiger charge is 2.27. The molecule has 0 saturated heterocycles. The average Bonchev–Trinajstić information content (AvgIpc) is 2.53. The van der Waals surface area contributed by atoms with Crippen molar-refractivity contribution in [3.05, 3.63) is 12.2 Å². The molecule has 1 unspecified atom stereocenters. The molecule has 1 amide bonds. The summed E-state index contributed by atoms with van der Waals surface area (Å²) in [5, 5.41) is 3.13. The predicted octanol–water partition coefficient (Wildman–Crippen LogP) is 2.42. The fraction of sp³-hybridized carbons (Fsp3) is 0.857. The van der Waals surface area contributed by atoms with Crippen LogP contribution in [0.15, 0.2) is 12.2 Å². The standard InChI is InChI=1S/C21H42N2O.ClH/c1-7-9-10-11-12-13-14-15-16-17-18-23(5,6)20(8-2)22-21(24)19(3)4;/h20H,3,7-18H2,1-2,4-6H3;1H. The third kappa shape index (κ3) is 13.3. The molecule has 25 heavy (non-hydrogen) atoms. The summed E-state index contributed by atoms with van der Waals surface area (Å²) >= 11 is 0. The molecule has 0 fully saturated rings. The van der Waals surface area contributed by atoms with Crippen molar-refractivity contribution in [2.45, 2.75) is 97.6 Å². The third-order valence-corrected chi connectivity index (χ3v) is 5.00. The number of hydrogen-bond donors (Lipinski definition) is 1. The van der Waals surface area contributed by atoms with Crippen molar-refractivity contribution in [2.24, 2.45) is 0 Å². The van der Waals surface area contributed by atoms with Gasteiger partial charge in [0.1, 0.15) is 0 Å². The average molecular weight is 375 g/mol. The van der Waals surface area contributed by atoms with E-state index in [2.05, 4.69) is 39.8 Å². The van der Waals surface area contributed by atoms with Crippen LogP contribution in [0.1, 0.15) is 91.4 Å². The number of nitrogens with one attached hydrogen (secondary N) is 1. The molecule has 0 saturated carbocycles. The fourth-order valence-electron chi connectivity index (χ4n) is 3.21. The van der Waals surface area contributed by atoms with Crippen molar-refractivity contribution < 1.29 is 21.7 Å². The Morgan fingerprint density at radius 3 is 1.76 bits per heavy atom. The molecule has 0 bridgehead atoms. The predicted molar refractivity (Wildman–Crippen MR) is 106 cm³/mol. The minimum absolute atomic E-state index is 0. The molecule has 150 valence electrons. The summed E-state index contributed by atoms with van der Waals surface area (Å²) in [5.41, 5.74) is 0.590. The number of hydrogen-bond acceptors (Lipinski definition) is 1. The van der Waals surface area contributed by atoms with Gasteiger partial charge in [0.15, 0.2) is 6.17 Å². The summed E-state index contributed by atoms with van der Waals surface area (Å²) in [4.78, 5) is 11.9. The van der Waals surface area contributed by atoms with Crippen LogP contribution in [0.4, 0.5) is 0 Å². The summed E-state index contributed by atoms with van der Waals surface area (Å²) in [7, 11) is 4.45. The van der Waals surface area contributed by atoms with E-state index in [0.29, 0.717) is 5.57 Å². The molecule has 1 N–H and O–H groups in total. The molecule has 0 aromatic rings. The van der Waals surface area contributed by atoms with Gasteiger partial charge >= 0.3 is 0 Å². The van der Waals surface area contributed by atoms with E-state index in [1.807, 2.05) is 0 Å². The molecule has 0 radical (unpaired) electrons. The van der Waals surface area contributed by atoms with E-state index in [1.165, 1.54) is 64.2 Å². The first-order valence-corrected chi connectivity index (χ1v) is 10.1. The second kappa shape index (κ2) is 15.7. The quantitative estimate of drug-likeness (QED) is 0.203. The van der Waals surface area contributed by atoms with E-state index in [0.717, 1.165) is 17.4 Å². The number of unbranched alkanes of at least 4 members (excludes halogenated alkanes) is 9. The number of carbonyl (C=O) groups excluding carboxylic acids is 1. The molecule has 0 aliphatic carbocycles. The van der Waals surface area contributed by atoms with E-state index in [1.54, 1.807) is 6.92 Å². The first-order valence-electron chi connectivity index (χ1n) is 10.1. The zero-order chi connectivity index (χ0) is 18.4. The lowest BCUT2D eigenvalue weighted by molar-refractivity contribution is -0.917. The smallest absolute Gasteiger partial charge is 0.250 e. The number of halogens is 1. The normalized spacial score (nSPS) is 12.4. The molecule has 4 heteroatoms. The van der Waals surface area contributed by atoms with Gasteiger partial charge in [-0.3, -0.25) is 4.79 Å². The van der Waals surface area contributed by atoms with Gasteiger partial charge in [0, 0.05) is 12.0 Å². The Labute approximate surface area is 163 Å². The van der Waals surface area contributed by atoms with Gasteiger partial charge in [-0.2, -0.15) is 0 Å². The summed E-state index contributed by atoms with van der Waals surface area (Å²) in [6, 6.07) is 0. The van der Waals surface area contributed by atoms with Crippen LogP contribution in [0, 0.1) is 0 Å². The van der Waals surface area contributed by atoms with Gasteiger partial charge in [-0.25, -0.2) is 0 Å². The van der Waals surface area contributed by atoms with E-state index >= 15 is 0 Å². The largest absolute Gasteiger partial charge is 1.00 e. The van der Waals surface area contributed by atoms with Crippen LogP contribution in [-0.2, 0) is 4.79 Å². The van der Waals surface area contributed by atoms with Gasteiger partial charge in [-0.05, 0) is 19.8 Å². The number of quaternary nitrogens is 1. The minimum atomic E-state index is -0.0175. The summed E-state index contributed by atoms with van der Waals surface area (Å²) in [6.45, 7) is 11.0. The first-order chi connectivity index (χ1) is 11.3. The Balaban J connectivity index is 0. The molecule has 0 aromatic heterocycles. The molecule has 3 nitrogen and oxygen atoms in total. The van der Waals surface area contributed by atoms with E-state index < -0.39 is 0 Å². The number of amides is 1. The zero-order valence-electron chi connectivity index (χ0n) is 17.5.